The van der Waals surface area contributed by atoms with Crippen molar-refractivity contribution < 1.29 is 14.3 Å². The average Bonchev–Trinajstić information content (AvgIpc) is 2.67. The molecule has 5 nitrogen and oxygen atoms in total. The van der Waals surface area contributed by atoms with Crippen LogP contribution in [0.3, 0.4) is 0 Å². The zero-order chi connectivity index (χ0) is 16.2. The fourth-order valence-electron chi connectivity index (χ4n) is 2.40. The summed E-state index contributed by atoms with van der Waals surface area (Å²) in [5.41, 5.74) is 1.30. The highest BCUT2D eigenvalue weighted by atomic mass is 79.9. The molecule has 2 amide bonds. The molecule has 6 heteroatoms. The van der Waals surface area contributed by atoms with Gasteiger partial charge in [-0.25, -0.2) is 0 Å². The number of carbonyl (C=O) groups excluding carboxylic acids is 2. The van der Waals surface area contributed by atoms with E-state index in [2.05, 4.69) is 21.2 Å². The van der Waals surface area contributed by atoms with E-state index in [0.29, 0.717) is 23.7 Å². The lowest BCUT2D eigenvalue weighted by molar-refractivity contribution is -0.121. The van der Waals surface area contributed by atoms with Crippen molar-refractivity contribution in [1.82, 2.24) is 0 Å². The minimum absolute atomic E-state index is 0.0499. The number of hydrogen-bond donors (Lipinski definition) is 1. The van der Waals surface area contributed by atoms with E-state index in [1.807, 2.05) is 24.3 Å². The molecule has 0 aromatic heterocycles. The van der Waals surface area contributed by atoms with Gasteiger partial charge in [0.25, 0.3) is 0 Å². The number of hydrogen-bond acceptors (Lipinski definition) is 3. The van der Waals surface area contributed by atoms with E-state index in [1.165, 1.54) is 4.90 Å². The van der Waals surface area contributed by atoms with Gasteiger partial charge in [-0.1, -0.05) is 34.1 Å². The van der Waals surface area contributed by atoms with E-state index >= 15 is 0 Å². The lowest BCUT2D eigenvalue weighted by Crippen LogP contribution is -2.37. The predicted molar refractivity (Wildman–Crippen MR) is 91.7 cm³/mol. The van der Waals surface area contributed by atoms with Crippen LogP contribution in [0.1, 0.15) is 6.42 Å². The molecule has 2 aromatic rings. The van der Waals surface area contributed by atoms with E-state index in [-0.39, 0.29) is 24.8 Å². The molecule has 0 saturated heterocycles. The van der Waals surface area contributed by atoms with E-state index in [0.717, 1.165) is 4.47 Å². The summed E-state index contributed by atoms with van der Waals surface area (Å²) in [6, 6.07) is 14.6. The molecule has 23 heavy (non-hydrogen) atoms. The van der Waals surface area contributed by atoms with Crippen LogP contribution in [0, 0.1) is 0 Å². The Morgan fingerprint density at radius 3 is 2.87 bits per heavy atom. The van der Waals surface area contributed by atoms with Gasteiger partial charge in [0.2, 0.25) is 11.8 Å². The van der Waals surface area contributed by atoms with Crippen molar-refractivity contribution in [2.24, 2.45) is 0 Å². The highest BCUT2D eigenvalue weighted by Crippen LogP contribution is 2.30. The maximum Gasteiger partial charge on any atom is 0.244 e. The van der Waals surface area contributed by atoms with Crippen LogP contribution in [0.4, 0.5) is 11.4 Å². The fraction of sp³-hybridized carbons (Fsp3) is 0.176. The van der Waals surface area contributed by atoms with Crippen LogP contribution < -0.4 is 15.0 Å². The summed E-state index contributed by atoms with van der Waals surface area (Å²) in [4.78, 5) is 26.0. The van der Waals surface area contributed by atoms with E-state index in [9.17, 15) is 9.59 Å². The van der Waals surface area contributed by atoms with Crippen molar-refractivity contribution in [2.45, 2.75) is 6.42 Å². The SMILES string of the molecule is O=C(CN1C(=O)CCOc2ccccc21)Nc1cccc(Br)c1. The highest BCUT2D eigenvalue weighted by molar-refractivity contribution is 9.10. The van der Waals surface area contributed by atoms with E-state index in [1.54, 1.807) is 24.3 Å². The summed E-state index contributed by atoms with van der Waals surface area (Å²) in [7, 11) is 0. The molecule has 1 N–H and O–H groups in total. The van der Waals surface area contributed by atoms with Crippen LogP contribution in [-0.2, 0) is 9.59 Å². The molecule has 2 aromatic carbocycles. The van der Waals surface area contributed by atoms with Crippen molar-refractivity contribution in [1.29, 1.82) is 0 Å². The zero-order valence-corrected chi connectivity index (χ0v) is 13.9. The summed E-state index contributed by atoms with van der Waals surface area (Å²) in [5, 5.41) is 2.80. The van der Waals surface area contributed by atoms with Crippen LogP contribution >= 0.6 is 15.9 Å². The Labute approximate surface area is 142 Å². The Kier molecular flexibility index (Phi) is 4.62. The summed E-state index contributed by atoms with van der Waals surface area (Å²) in [6.45, 7) is 0.269. The van der Waals surface area contributed by atoms with Crippen molar-refractivity contribution in [3.8, 4) is 5.75 Å². The fourth-order valence-corrected chi connectivity index (χ4v) is 2.80. The van der Waals surface area contributed by atoms with Gasteiger partial charge in [0.15, 0.2) is 0 Å². The Balaban J connectivity index is 1.78. The van der Waals surface area contributed by atoms with Gasteiger partial charge < -0.3 is 10.1 Å². The molecule has 0 fully saturated rings. The number of benzene rings is 2. The van der Waals surface area contributed by atoms with Crippen LogP contribution in [0.2, 0.25) is 0 Å². The van der Waals surface area contributed by atoms with Crippen LogP contribution in [0.25, 0.3) is 0 Å². The first-order valence-corrected chi connectivity index (χ1v) is 8.00. The number of para-hydroxylation sites is 2. The predicted octanol–water partition coefficient (Wildman–Crippen LogP) is 3.20. The minimum atomic E-state index is -0.256. The lowest BCUT2D eigenvalue weighted by Gasteiger charge is -2.21. The summed E-state index contributed by atoms with van der Waals surface area (Å²) in [5.74, 6) is 0.237. The number of ether oxygens (including phenoxy) is 1. The molecule has 3 rings (SSSR count). The third-order valence-electron chi connectivity index (χ3n) is 3.44. The number of rotatable bonds is 3. The Morgan fingerprint density at radius 1 is 1.22 bits per heavy atom. The van der Waals surface area contributed by atoms with Crippen molar-refractivity contribution in [3.63, 3.8) is 0 Å². The van der Waals surface area contributed by atoms with Crippen LogP contribution in [0.15, 0.2) is 53.0 Å². The van der Waals surface area contributed by atoms with Gasteiger partial charge in [0, 0.05) is 10.2 Å². The number of amides is 2. The van der Waals surface area contributed by atoms with Crippen molar-refractivity contribution in [2.75, 3.05) is 23.4 Å². The van der Waals surface area contributed by atoms with Gasteiger partial charge in [-0.2, -0.15) is 0 Å². The number of anilines is 2. The summed E-state index contributed by atoms with van der Waals surface area (Å²) in [6.07, 6.45) is 0.249. The number of halogens is 1. The second-order valence-corrected chi connectivity index (χ2v) is 6.02. The number of carbonyl (C=O) groups is 2. The van der Waals surface area contributed by atoms with Gasteiger partial charge >= 0.3 is 0 Å². The first kappa shape index (κ1) is 15.6. The summed E-state index contributed by atoms with van der Waals surface area (Å²) < 4.78 is 6.44. The number of nitrogens with one attached hydrogen (secondary N) is 1. The Hall–Kier alpha value is -2.34. The summed E-state index contributed by atoms with van der Waals surface area (Å²) >= 11 is 3.36. The second-order valence-electron chi connectivity index (χ2n) is 5.10. The second kappa shape index (κ2) is 6.83. The molecule has 0 spiro atoms. The zero-order valence-electron chi connectivity index (χ0n) is 12.3. The Morgan fingerprint density at radius 2 is 2.04 bits per heavy atom. The molecule has 0 bridgehead atoms. The third-order valence-corrected chi connectivity index (χ3v) is 3.93. The quantitative estimate of drug-likeness (QED) is 0.897. The molecule has 118 valence electrons. The molecular weight excluding hydrogens is 360 g/mol. The molecule has 1 aliphatic heterocycles. The maximum absolute atomic E-state index is 12.3. The van der Waals surface area contributed by atoms with Crippen LogP contribution in [0.5, 0.6) is 5.75 Å². The topological polar surface area (TPSA) is 58.6 Å². The van der Waals surface area contributed by atoms with E-state index in [4.69, 9.17) is 4.74 Å². The first-order chi connectivity index (χ1) is 11.1. The van der Waals surface area contributed by atoms with Crippen molar-refractivity contribution in [3.05, 3.63) is 53.0 Å². The van der Waals surface area contributed by atoms with Gasteiger partial charge in [0.1, 0.15) is 12.3 Å². The molecule has 0 saturated carbocycles. The first-order valence-electron chi connectivity index (χ1n) is 7.21. The minimum Gasteiger partial charge on any atom is -0.491 e. The molecular formula is C17H15BrN2O3. The highest BCUT2D eigenvalue weighted by Gasteiger charge is 2.24. The monoisotopic (exact) mass is 374 g/mol. The number of fused-ring (bicyclic) bond motifs is 1. The average molecular weight is 375 g/mol. The van der Waals surface area contributed by atoms with Gasteiger partial charge in [-0.3, -0.25) is 14.5 Å². The molecule has 1 aliphatic rings. The Bertz CT molecular complexity index is 748. The van der Waals surface area contributed by atoms with Crippen molar-refractivity contribution >= 4 is 39.1 Å². The van der Waals surface area contributed by atoms with Gasteiger partial charge in [0.05, 0.1) is 18.7 Å². The standard InChI is InChI=1S/C17H15BrN2O3/c18-12-4-3-5-13(10-12)19-16(21)11-20-14-6-1-2-7-15(14)23-9-8-17(20)22/h1-7,10H,8-9,11H2,(H,19,21). The van der Waals surface area contributed by atoms with E-state index < -0.39 is 0 Å². The number of nitrogens with zero attached hydrogens (tertiary/aromatic N) is 1. The van der Waals surface area contributed by atoms with Gasteiger partial charge in [-0.05, 0) is 30.3 Å². The third kappa shape index (κ3) is 3.71. The molecule has 0 unspecified atom stereocenters. The lowest BCUT2D eigenvalue weighted by atomic mass is 10.2. The molecule has 0 radical (unpaired) electrons. The van der Waals surface area contributed by atoms with Crippen LogP contribution in [-0.4, -0.2) is 25.0 Å². The molecule has 0 atom stereocenters. The molecule has 1 heterocycles. The normalized spacial score (nSPS) is 13.8. The smallest absolute Gasteiger partial charge is 0.244 e. The molecule has 0 aliphatic carbocycles. The largest absolute Gasteiger partial charge is 0.491 e. The maximum atomic E-state index is 12.3. The van der Waals surface area contributed by atoms with Gasteiger partial charge in [-0.15, -0.1) is 0 Å².